The van der Waals surface area contributed by atoms with E-state index in [1.54, 1.807) is 18.5 Å². The van der Waals surface area contributed by atoms with Crippen molar-refractivity contribution in [2.24, 2.45) is 0 Å². The molecule has 16 heavy (non-hydrogen) atoms. The van der Waals surface area contributed by atoms with Crippen LogP contribution in [0.2, 0.25) is 0 Å². The highest BCUT2D eigenvalue weighted by Gasteiger charge is 2.05. The fourth-order valence-corrected chi connectivity index (χ4v) is 1.78. The van der Waals surface area contributed by atoms with Gasteiger partial charge >= 0.3 is 5.97 Å². The summed E-state index contributed by atoms with van der Waals surface area (Å²) in [5, 5.41) is 8.84. The third-order valence-electron chi connectivity index (χ3n) is 2.44. The fraction of sp³-hybridized carbons (Fsp3) is 0.154. The van der Waals surface area contributed by atoms with Gasteiger partial charge in [0.15, 0.2) is 0 Å². The Balaban J connectivity index is 2.46. The number of benzene rings is 1. The van der Waals surface area contributed by atoms with E-state index in [0.717, 1.165) is 5.69 Å². The number of carboxylic acids is 1. The molecule has 1 heterocycles. The highest BCUT2D eigenvalue weighted by Crippen LogP contribution is 2.15. The van der Waals surface area contributed by atoms with Gasteiger partial charge in [0.2, 0.25) is 0 Å². The molecule has 3 nitrogen and oxygen atoms in total. The van der Waals surface area contributed by atoms with Gasteiger partial charge in [-0.25, -0.2) is 4.79 Å². The first-order valence-corrected chi connectivity index (χ1v) is 5.06. The van der Waals surface area contributed by atoms with Gasteiger partial charge in [-0.1, -0.05) is 6.07 Å². The lowest BCUT2D eigenvalue weighted by molar-refractivity contribution is 0.0697. The average Bonchev–Trinajstić information content (AvgIpc) is 2.64. The van der Waals surface area contributed by atoms with Crippen LogP contribution < -0.4 is 0 Å². The second kappa shape index (κ2) is 3.85. The Kier molecular flexibility index (Phi) is 2.52. The molecule has 1 N–H and O–H groups in total. The van der Waals surface area contributed by atoms with Crippen LogP contribution in [-0.4, -0.2) is 15.6 Å². The third-order valence-corrected chi connectivity index (χ3v) is 2.44. The summed E-state index contributed by atoms with van der Waals surface area (Å²) in [6.45, 7) is 4.05. The van der Waals surface area contributed by atoms with Gasteiger partial charge in [-0.05, 0) is 43.2 Å². The topological polar surface area (TPSA) is 42.2 Å². The van der Waals surface area contributed by atoms with Crippen molar-refractivity contribution < 1.29 is 9.90 Å². The van der Waals surface area contributed by atoms with Gasteiger partial charge in [0.1, 0.15) is 0 Å². The van der Waals surface area contributed by atoms with Crippen molar-refractivity contribution in [2.75, 3.05) is 0 Å². The number of nitrogens with zero attached hydrogens (tertiary/aromatic N) is 1. The zero-order chi connectivity index (χ0) is 11.7. The number of hydrogen-bond donors (Lipinski definition) is 1. The lowest BCUT2D eigenvalue weighted by atomic mass is 10.1. The van der Waals surface area contributed by atoms with E-state index in [1.165, 1.54) is 11.1 Å². The van der Waals surface area contributed by atoms with Gasteiger partial charge in [0, 0.05) is 18.1 Å². The quantitative estimate of drug-likeness (QED) is 0.837. The predicted octanol–water partition coefficient (Wildman–Crippen LogP) is 2.79. The largest absolute Gasteiger partial charge is 0.478 e. The maximum atomic E-state index is 10.8. The molecule has 0 radical (unpaired) electrons. The molecule has 0 atom stereocenters. The van der Waals surface area contributed by atoms with Crippen LogP contribution in [0.5, 0.6) is 0 Å². The molecule has 82 valence electrons. The summed E-state index contributed by atoms with van der Waals surface area (Å²) in [6.07, 6.45) is 3.38. The van der Waals surface area contributed by atoms with E-state index in [-0.39, 0.29) is 0 Å². The van der Waals surface area contributed by atoms with E-state index < -0.39 is 5.97 Å². The summed E-state index contributed by atoms with van der Waals surface area (Å²) in [4.78, 5) is 10.8. The van der Waals surface area contributed by atoms with E-state index in [1.807, 2.05) is 30.5 Å². The van der Waals surface area contributed by atoms with Gasteiger partial charge < -0.3 is 9.67 Å². The molecular weight excluding hydrogens is 202 g/mol. The van der Waals surface area contributed by atoms with E-state index in [9.17, 15) is 4.79 Å². The van der Waals surface area contributed by atoms with E-state index in [4.69, 9.17) is 5.11 Å². The summed E-state index contributed by atoms with van der Waals surface area (Å²) < 4.78 is 1.82. The minimum absolute atomic E-state index is 0.305. The standard InChI is InChI=1S/C13H13NO2/c1-9-5-10(2)7-12(6-9)14-4-3-11(8-14)13(15)16/h3-8H,1-2H3,(H,15,16). The van der Waals surface area contributed by atoms with E-state index >= 15 is 0 Å². The first kappa shape index (κ1) is 10.5. The number of aromatic carboxylic acids is 1. The third kappa shape index (κ3) is 1.98. The Hall–Kier alpha value is -2.03. The summed E-state index contributed by atoms with van der Waals surface area (Å²) in [7, 11) is 0. The number of rotatable bonds is 2. The molecule has 0 spiro atoms. The summed E-state index contributed by atoms with van der Waals surface area (Å²) in [5.41, 5.74) is 3.63. The molecule has 0 saturated carbocycles. The number of aromatic nitrogens is 1. The van der Waals surface area contributed by atoms with Crippen LogP contribution in [0.3, 0.4) is 0 Å². The zero-order valence-corrected chi connectivity index (χ0v) is 9.27. The van der Waals surface area contributed by atoms with Crippen LogP contribution in [-0.2, 0) is 0 Å². The molecule has 1 aromatic carbocycles. The lowest BCUT2D eigenvalue weighted by Crippen LogP contribution is -1.95. The van der Waals surface area contributed by atoms with Crippen molar-refractivity contribution in [1.82, 2.24) is 4.57 Å². The first-order chi connectivity index (χ1) is 7.56. The van der Waals surface area contributed by atoms with Crippen LogP contribution >= 0.6 is 0 Å². The normalized spacial score (nSPS) is 10.4. The van der Waals surface area contributed by atoms with Crippen molar-refractivity contribution in [3.8, 4) is 5.69 Å². The monoisotopic (exact) mass is 215 g/mol. The SMILES string of the molecule is Cc1cc(C)cc(-n2ccc(C(=O)O)c2)c1. The predicted molar refractivity (Wildman–Crippen MR) is 62.2 cm³/mol. The molecule has 0 aliphatic carbocycles. The molecule has 0 saturated heterocycles. The summed E-state index contributed by atoms with van der Waals surface area (Å²) >= 11 is 0. The second-order valence-electron chi connectivity index (χ2n) is 3.96. The number of aryl methyl sites for hydroxylation is 2. The Morgan fingerprint density at radius 3 is 2.31 bits per heavy atom. The highest BCUT2D eigenvalue weighted by molar-refractivity contribution is 5.87. The summed E-state index contributed by atoms with van der Waals surface area (Å²) in [5.74, 6) is -0.900. The van der Waals surface area contributed by atoms with Crippen molar-refractivity contribution in [3.63, 3.8) is 0 Å². The molecule has 3 heteroatoms. The minimum atomic E-state index is -0.900. The Morgan fingerprint density at radius 2 is 1.81 bits per heavy atom. The van der Waals surface area contributed by atoms with E-state index in [2.05, 4.69) is 6.07 Å². The Morgan fingerprint density at radius 1 is 1.19 bits per heavy atom. The van der Waals surface area contributed by atoms with Crippen LogP contribution in [0.25, 0.3) is 5.69 Å². The van der Waals surface area contributed by atoms with Crippen molar-refractivity contribution >= 4 is 5.97 Å². The maximum absolute atomic E-state index is 10.8. The average molecular weight is 215 g/mol. The number of hydrogen-bond acceptors (Lipinski definition) is 1. The van der Waals surface area contributed by atoms with Gasteiger partial charge in [0.25, 0.3) is 0 Å². The van der Waals surface area contributed by atoms with Crippen molar-refractivity contribution in [2.45, 2.75) is 13.8 Å². The van der Waals surface area contributed by atoms with Crippen LogP contribution in [0.4, 0.5) is 0 Å². The van der Waals surface area contributed by atoms with Gasteiger partial charge in [-0.2, -0.15) is 0 Å². The highest BCUT2D eigenvalue weighted by atomic mass is 16.4. The molecule has 2 aromatic rings. The van der Waals surface area contributed by atoms with Gasteiger partial charge in [-0.3, -0.25) is 0 Å². The van der Waals surface area contributed by atoms with Gasteiger partial charge in [-0.15, -0.1) is 0 Å². The number of carbonyl (C=O) groups is 1. The number of carboxylic acid groups (broad SMARTS) is 1. The van der Waals surface area contributed by atoms with Gasteiger partial charge in [0.05, 0.1) is 5.56 Å². The maximum Gasteiger partial charge on any atom is 0.337 e. The molecule has 0 aliphatic rings. The van der Waals surface area contributed by atoms with Crippen LogP contribution in [0.15, 0.2) is 36.7 Å². The lowest BCUT2D eigenvalue weighted by Gasteiger charge is -2.05. The molecule has 0 unspecified atom stereocenters. The first-order valence-electron chi connectivity index (χ1n) is 5.06. The van der Waals surface area contributed by atoms with Crippen molar-refractivity contribution in [3.05, 3.63) is 53.3 Å². The van der Waals surface area contributed by atoms with Crippen molar-refractivity contribution in [1.29, 1.82) is 0 Å². The Labute approximate surface area is 94.0 Å². The van der Waals surface area contributed by atoms with Crippen LogP contribution in [0, 0.1) is 13.8 Å². The molecule has 0 aliphatic heterocycles. The molecule has 2 rings (SSSR count). The smallest absolute Gasteiger partial charge is 0.337 e. The zero-order valence-electron chi connectivity index (χ0n) is 9.27. The minimum Gasteiger partial charge on any atom is -0.478 e. The molecule has 0 amide bonds. The molecule has 1 aromatic heterocycles. The Bertz CT molecular complexity index is 520. The second-order valence-corrected chi connectivity index (χ2v) is 3.96. The van der Waals surface area contributed by atoms with Crippen LogP contribution in [0.1, 0.15) is 21.5 Å². The van der Waals surface area contributed by atoms with E-state index in [0.29, 0.717) is 5.56 Å². The molecule has 0 bridgehead atoms. The molecule has 0 fully saturated rings. The molecular formula is C13H13NO2. The fourth-order valence-electron chi connectivity index (χ4n) is 1.78. The summed E-state index contributed by atoms with van der Waals surface area (Å²) in [6, 6.07) is 7.74.